The fourth-order valence-corrected chi connectivity index (χ4v) is 2.50. The number of Topliss-reactive ketones (excluding diaryl/α,β-unsaturated/α-hetero) is 1. The second kappa shape index (κ2) is 4.27. The van der Waals surface area contributed by atoms with E-state index in [1.165, 1.54) is 30.1 Å². The maximum absolute atomic E-state index is 15.3. The van der Waals surface area contributed by atoms with Crippen molar-refractivity contribution < 1.29 is 14.0 Å². The Balaban J connectivity index is 2.24. The van der Waals surface area contributed by atoms with Gasteiger partial charge in [-0.3, -0.25) is 9.59 Å². The number of hydrogen-bond donors (Lipinski definition) is 0. The van der Waals surface area contributed by atoms with Crippen molar-refractivity contribution >= 4 is 17.4 Å². The summed E-state index contributed by atoms with van der Waals surface area (Å²) >= 11 is 0. The summed E-state index contributed by atoms with van der Waals surface area (Å²) in [5, 5.41) is 0. The number of likely N-dealkylation sites (N-methyl/N-ethyl adjacent to an activating group) is 1. The Labute approximate surface area is 115 Å². The van der Waals surface area contributed by atoms with Crippen LogP contribution in [0.5, 0.6) is 0 Å². The minimum atomic E-state index is -2.65. The van der Waals surface area contributed by atoms with Gasteiger partial charge in [0.05, 0.1) is 5.69 Å². The Kier molecular flexibility index (Phi) is 2.67. The minimum absolute atomic E-state index is 0.0661. The number of ketones is 1. The molecule has 0 bridgehead atoms. The first-order chi connectivity index (χ1) is 9.56. The van der Waals surface area contributed by atoms with Crippen LogP contribution in [0, 0.1) is 0 Å². The van der Waals surface area contributed by atoms with Crippen molar-refractivity contribution in [2.24, 2.45) is 0 Å². The second-order valence-electron chi connectivity index (χ2n) is 4.73. The number of halogens is 1. The zero-order valence-electron chi connectivity index (χ0n) is 10.8. The number of para-hydroxylation sites is 1. The third kappa shape index (κ3) is 1.51. The summed E-state index contributed by atoms with van der Waals surface area (Å²) in [6, 6.07) is 14.4. The van der Waals surface area contributed by atoms with Gasteiger partial charge in [-0.05, 0) is 12.1 Å². The van der Waals surface area contributed by atoms with Gasteiger partial charge in [0, 0.05) is 18.2 Å². The van der Waals surface area contributed by atoms with Crippen LogP contribution in [0.4, 0.5) is 10.1 Å². The molecule has 0 N–H and O–H groups in total. The van der Waals surface area contributed by atoms with Crippen molar-refractivity contribution in [2.75, 3.05) is 11.9 Å². The van der Waals surface area contributed by atoms with Crippen LogP contribution in [0.2, 0.25) is 0 Å². The van der Waals surface area contributed by atoms with Gasteiger partial charge in [0.1, 0.15) is 0 Å². The Morgan fingerprint density at radius 3 is 2.25 bits per heavy atom. The van der Waals surface area contributed by atoms with Crippen molar-refractivity contribution in [3.63, 3.8) is 0 Å². The highest BCUT2D eigenvalue weighted by Crippen LogP contribution is 2.40. The van der Waals surface area contributed by atoms with Gasteiger partial charge in [0.2, 0.25) is 5.78 Å². The van der Waals surface area contributed by atoms with Gasteiger partial charge in [-0.25, -0.2) is 4.39 Å². The van der Waals surface area contributed by atoms with E-state index in [0.29, 0.717) is 5.69 Å². The van der Waals surface area contributed by atoms with E-state index in [1.807, 2.05) is 0 Å². The molecular formula is C16H12FNO2. The number of fused-ring (bicyclic) bond motifs is 1. The van der Waals surface area contributed by atoms with Gasteiger partial charge >= 0.3 is 0 Å². The normalized spacial score (nSPS) is 21.8. The Bertz CT molecular complexity index is 699. The summed E-state index contributed by atoms with van der Waals surface area (Å²) in [7, 11) is 1.48. The molecular weight excluding hydrogens is 257 g/mol. The highest BCUT2D eigenvalue weighted by atomic mass is 19.1. The summed E-state index contributed by atoms with van der Waals surface area (Å²) in [6.07, 6.45) is 0. The number of rotatable bonds is 1. The Morgan fingerprint density at radius 1 is 0.950 bits per heavy atom. The molecule has 0 aliphatic carbocycles. The molecule has 100 valence electrons. The minimum Gasteiger partial charge on any atom is -0.311 e. The van der Waals surface area contributed by atoms with Crippen molar-refractivity contribution in [2.45, 2.75) is 5.67 Å². The van der Waals surface area contributed by atoms with Crippen LogP contribution >= 0.6 is 0 Å². The zero-order valence-corrected chi connectivity index (χ0v) is 10.8. The average Bonchev–Trinajstić information content (AvgIpc) is 2.51. The molecule has 2 aromatic rings. The first-order valence-electron chi connectivity index (χ1n) is 6.23. The molecule has 0 radical (unpaired) electrons. The molecule has 1 amide bonds. The molecule has 0 saturated heterocycles. The predicted molar refractivity (Wildman–Crippen MR) is 73.4 cm³/mol. The standard InChI is InChI=1S/C16H12FNO2/c1-18-13-10-6-5-9-12(13)14(19)16(17,15(18)20)11-7-3-2-4-8-11/h2-10H,1H3. The smallest absolute Gasteiger partial charge is 0.277 e. The fourth-order valence-electron chi connectivity index (χ4n) is 2.50. The fraction of sp³-hybridized carbons (Fsp3) is 0.125. The van der Waals surface area contributed by atoms with Crippen LogP contribution in [-0.4, -0.2) is 18.7 Å². The Morgan fingerprint density at radius 2 is 1.55 bits per heavy atom. The SMILES string of the molecule is CN1C(=O)C(F)(c2ccccc2)C(=O)c2ccccc21. The second-order valence-corrected chi connectivity index (χ2v) is 4.73. The topological polar surface area (TPSA) is 37.4 Å². The van der Waals surface area contributed by atoms with E-state index in [-0.39, 0.29) is 11.1 Å². The van der Waals surface area contributed by atoms with Gasteiger partial charge in [-0.15, -0.1) is 0 Å². The summed E-state index contributed by atoms with van der Waals surface area (Å²) < 4.78 is 15.3. The van der Waals surface area contributed by atoms with Crippen molar-refractivity contribution in [3.05, 3.63) is 65.7 Å². The van der Waals surface area contributed by atoms with Crippen LogP contribution in [0.15, 0.2) is 54.6 Å². The molecule has 0 spiro atoms. The molecule has 0 aromatic heterocycles. The lowest BCUT2D eigenvalue weighted by atomic mass is 9.82. The first-order valence-corrected chi connectivity index (χ1v) is 6.23. The Hall–Kier alpha value is -2.49. The van der Waals surface area contributed by atoms with E-state index in [4.69, 9.17) is 0 Å². The third-order valence-corrected chi connectivity index (χ3v) is 3.59. The number of anilines is 1. The number of nitrogens with zero attached hydrogens (tertiary/aromatic N) is 1. The summed E-state index contributed by atoms with van der Waals surface area (Å²) in [5.41, 5.74) is -1.92. The largest absolute Gasteiger partial charge is 0.311 e. The first kappa shape index (κ1) is 12.5. The van der Waals surface area contributed by atoms with Gasteiger partial charge in [0.15, 0.2) is 0 Å². The van der Waals surface area contributed by atoms with E-state index in [2.05, 4.69) is 0 Å². The van der Waals surface area contributed by atoms with Crippen LogP contribution in [-0.2, 0) is 10.5 Å². The highest BCUT2D eigenvalue weighted by Gasteiger charge is 2.54. The average molecular weight is 269 g/mol. The van der Waals surface area contributed by atoms with Crippen molar-refractivity contribution in [3.8, 4) is 0 Å². The lowest BCUT2D eigenvalue weighted by molar-refractivity contribution is -0.127. The molecule has 0 fully saturated rings. The van der Waals surface area contributed by atoms with Crippen molar-refractivity contribution in [1.82, 2.24) is 0 Å². The molecule has 0 saturated carbocycles. The lowest BCUT2D eigenvalue weighted by Crippen LogP contribution is -2.52. The third-order valence-electron chi connectivity index (χ3n) is 3.59. The zero-order chi connectivity index (χ0) is 14.3. The molecule has 1 atom stereocenters. The molecule has 2 aromatic carbocycles. The summed E-state index contributed by atoms with van der Waals surface area (Å²) in [5.74, 6) is -1.66. The van der Waals surface area contributed by atoms with E-state index < -0.39 is 17.4 Å². The molecule has 20 heavy (non-hydrogen) atoms. The number of hydrogen-bond acceptors (Lipinski definition) is 2. The van der Waals surface area contributed by atoms with E-state index >= 15 is 4.39 Å². The molecule has 3 rings (SSSR count). The number of alkyl halides is 1. The summed E-state index contributed by atoms with van der Waals surface area (Å²) in [6.45, 7) is 0. The van der Waals surface area contributed by atoms with E-state index in [0.717, 1.165) is 0 Å². The van der Waals surface area contributed by atoms with Crippen LogP contribution in [0.1, 0.15) is 15.9 Å². The van der Waals surface area contributed by atoms with Gasteiger partial charge in [-0.2, -0.15) is 0 Å². The highest BCUT2D eigenvalue weighted by molar-refractivity contribution is 6.27. The van der Waals surface area contributed by atoms with E-state index in [1.54, 1.807) is 36.4 Å². The maximum Gasteiger partial charge on any atom is 0.277 e. The molecule has 4 heteroatoms. The van der Waals surface area contributed by atoms with Gasteiger partial charge in [-0.1, -0.05) is 42.5 Å². The molecule has 1 heterocycles. The summed E-state index contributed by atoms with van der Waals surface area (Å²) in [4.78, 5) is 26.0. The number of benzene rings is 2. The van der Waals surface area contributed by atoms with Crippen LogP contribution in [0.25, 0.3) is 0 Å². The molecule has 1 aliphatic heterocycles. The lowest BCUT2D eigenvalue weighted by Gasteiger charge is -2.34. The van der Waals surface area contributed by atoms with Gasteiger partial charge < -0.3 is 4.90 Å². The monoisotopic (exact) mass is 269 g/mol. The van der Waals surface area contributed by atoms with Crippen LogP contribution in [0.3, 0.4) is 0 Å². The molecule has 1 unspecified atom stereocenters. The maximum atomic E-state index is 15.3. The van der Waals surface area contributed by atoms with Crippen LogP contribution < -0.4 is 4.90 Å². The number of amides is 1. The molecule has 3 nitrogen and oxygen atoms in total. The molecule has 1 aliphatic rings. The van der Waals surface area contributed by atoms with Crippen molar-refractivity contribution in [1.29, 1.82) is 0 Å². The number of carbonyl (C=O) groups is 2. The van der Waals surface area contributed by atoms with E-state index in [9.17, 15) is 9.59 Å². The predicted octanol–water partition coefficient (Wildman–Crippen LogP) is 2.71. The number of carbonyl (C=O) groups excluding carboxylic acids is 2. The quantitative estimate of drug-likeness (QED) is 0.746. The van der Waals surface area contributed by atoms with Gasteiger partial charge in [0.25, 0.3) is 11.6 Å².